The molecule has 0 aromatic heterocycles. The van der Waals surface area contributed by atoms with Crippen molar-refractivity contribution in [2.24, 2.45) is 5.73 Å². The van der Waals surface area contributed by atoms with Gasteiger partial charge in [0.05, 0.1) is 0 Å². The van der Waals surface area contributed by atoms with E-state index in [9.17, 15) is 0 Å². The average Bonchev–Trinajstić information content (AvgIpc) is 2.19. The Labute approximate surface area is 90.1 Å². The first-order chi connectivity index (χ1) is 7.16. The lowest BCUT2D eigenvalue weighted by Crippen LogP contribution is -2.21. The topological polar surface area (TPSA) is 75.3 Å². The van der Waals surface area contributed by atoms with E-state index in [-0.39, 0.29) is 0 Å². The first-order valence-electron chi connectivity index (χ1n) is 4.81. The van der Waals surface area contributed by atoms with Crippen LogP contribution in [-0.4, -0.2) is 24.2 Å². The zero-order valence-corrected chi connectivity index (χ0v) is 8.94. The summed E-state index contributed by atoms with van der Waals surface area (Å²) >= 11 is 0. The molecule has 4 N–H and O–H groups in total. The standard InChI is InChI=1S/C9H14N2.C2H4O2/c10-6-7-11-8-9-4-2-1-3-5-9;1-2(3)4/h1-5,11H,6-8,10H2;1H3,(H,3,4). The van der Waals surface area contributed by atoms with Gasteiger partial charge in [0.2, 0.25) is 0 Å². The van der Waals surface area contributed by atoms with E-state index in [2.05, 4.69) is 17.4 Å². The Bertz CT molecular complexity index is 259. The summed E-state index contributed by atoms with van der Waals surface area (Å²) in [6, 6.07) is 10.3. The van der Waals surface area contributed by atoms with Crippen LogP contribution in [0.2, 0.25) is 0 Å². The Morgan fingerprint density at radius 2 is 1.93 bits per heavy atom. The maximum Gasteiger partial charge on any atom is 0.300 e. The van der Waals surface area contributed by atoms with Crippen LogP contribution >= 0.6 is 0 Å². The van der Waals surface area contributed by atoms with Crippen molar-refractivity contribution in [3.8, 4) is 0 Å². The second-order valence-electron chi connectivity index (χ2n) is 2.97. The van der Waals surface area contributed by atoms with Crippen LogP contribution in [0.5, 0.6) is 0 Å². The van der Waals surface area contributed by atoms with E-state index < -0.39 is 5.97 Å². The van der Waals surface area contributed by atoms with Gasteiger partial charge < -0.3 is 16.2 Å². The number of nitrogens with one attached hydrogen (secondary N) is 1. The predicted octanol–water partition coefficient (Wildman–Crippen LogP) is 0.826. The molecule has 0 aliphatic heterocycles. The normalized spacial score (nSPS) is 8.93. The van der Waals surface area contributed by atoms with Gasteiger partial charge in [0.25, 0.3) is 5.97 Å². The lowest BCUT2D eigenvalue weighted by Gasteiger charge is -2.01. The Morgan fingerprint density at radius 1 is 1.40 bits per heavy atom. The van der Waals surface area contributed by atoms with Crippen LogP contribution in [0.4, 0.5) is 0 Å². The smallest absolute Gasteiger partial charge is 0.300 e. The molecule has 0 spiro atoms. The maximum absolute atomic E-state index is 9.00. The van der Waals surface area contributed by atoms with Crippen molar-refractivity contribution in [1.82, 2.24) is 5.32 Å². The van der Waals surface area contributed by atoms with Gasteiger partial charge in [-0.2, -0.15) is 0 Å². The first-order valence-corrected chi connectivity index (χ1v) is 4.81. The summed E-state index contributed by atoms with van der Waals surface area (Å²) in [6.45, 7) is 3.58. The van der Waals surface area contributed by atoms with Crippen LogP contribution < -0.4 is 11.1 Å². The van der Waals surface area contributed by atoms with Crippen molar-refractivity contribution in [2.75, 3.05) is 13.1 Å². The maximum atomic E-state index is 9.00. The molecule has 0 radical (unpaired) electrons. The Kier molecular flexibility index (Phi) is 8.33. The van der Waals surface area contributed by atoms with E-state index >= 15 is 0 Å². The number of carboxylic acid groups (broad SMARTS) is 1. The molecule has 1 aromatic carbocycles. The molecule has 0 saturated carbocycles. The van der Waals surface area contributed by atoms with Gasteiger partial charge in [-0.05, 0) is 5.56 Å². The summed E-state index contributed by atoms with van der Waals surface area (Å²) in [5, 5.41) is 10.6. The minimum absolute atomic E-state index is 0.701. The van der Waals surface area contributed by atoms with Gasteiger partial charge in [0.15, 0.2) is 0 Å². The molecular formula is C11H18N2O2. The molecule has 0 saturated heterocycles. The quantitative estimate of drug-likeness (QED) is 0.643. The van der Waals surface area contributed by atoms with Gasteiger partial charge in [-0.15, -0.1) is 0 Å². The predicted molar refractivity (Wildman–Crippen MR) is 60.5 cm³/mol. The van der Waals surface area contributed by atoms with Crippen molar-refractivity contribution >= 4 is 5.97 Å². The summed E-state index contributed by atoms with van der Waals surface area (Å²) in [4.78, 5) is 9.00. The van der Waals surface area contributed by atoms with Gasteiger partial charge in [0.1, 0.15) is 0 Å². The van der Waals surface area contributed by atoms with E-state index in [1.54, 1.807) is 0 Å². The SMILES string of the molecule is CC(=O)O.NCCNCc1ccccc1. The minimum atomic E-state index is -0.833. The Balaban J connectivity index is 0.000000423. The summed E-state index contributed by atoms with van der Waals surface area (Å²) in [5.74, 6) is -0.833. The van der Waals surface area contributed by atoms with Gasteiger partial charge in [-0.25, -0.2) is 0 Å². The second kappa shape index (κ2) is 9.18. The first kappa shape index (κ1) is 13.6. The monoisotopic (exact) mass is 210 g/mol. The van der Waals surface area contributed by atoms with Crippen LogP contribution in [0.25, 0.3) is 0 Å². The van der Waals surface area contributed by atoms with Crippen molar-refractivity contribution in [3.05, 3.63) is 35.9 Å². The summed E-state index contributed by atoms with van der Waals surface area (Å²) in [6.07, 6.45) is 0. The average molecular weight is 210 g/mol. The number of hydrogen-bond donors (Lipinski definition) is 3. The van der Waals surface area contributed by atoms with Crippen molar-refractivity contribution in [1.29, 1.82) is 0 Å². The van der Waals surface area contributed by atoms with Crippen molar-refractivity contribution in [2.45, 2.75) is 13.5 Å². The van der Waals surface area contributed by atoms with Crippen molar-refractivity contribution in [3.63, 3.8) is 0 Å². The number of benzene rings is 1. The van der Waals surface area contributed by atoms with Crippen LogP contribution in [0, 0.1) is 0 Å². The van der Waals surface area contributed by atoms with Crippen LogP contribution in [0.3, 0.4) is 0 Å². The lowest BCUT2D eigenvalue weighted by molar-refractivity contribution is -0.134. The molecule has 0 aliphatic rings. The number of hydrogen-bond acceptors (Lipinski definition) is 3. The zero-order chi connectivity index (χ0) is 11.5. The molecule has 0 amide bonds. The number of aliphatic carboxylic acids is 1. The Morgan fingerprint density at radius 3 is 2.40 bits per heavy atom. The molecule has 0 heterocycles. The summed E-state index contributed by atoms with van der Waals surface area (Å²) < 4.78 is 0. The molecule has 1 rings (SSSR count). The highest BCUT2D eigenvalue weighted by atomic mass is 16.4. The zero-order valence-electron chi connectivity index (χ0n) is 8.94. The summed E-state index contributed by atoms with van der Waals surface area (Å²) in [7, 11) is 0. The molecule has 15 heavy (non-hydrogen) atoms. The number of carboxylic acids is 1. The third-order valence-corrected chi connectivity index (χ3v) is 1.49. The Hall–Kier alpha value is -1.39. The number of carbonyl (C=O) groups is 1. The fourth-order valence-corrected chi connectivity index (χ4v) is 0.931. The fraction of sp³-hybridized carbons (Fsp3) is 0.364. The highest BCUT2D eigenvalue weighted by Crippen LogP contribution is 1.96. The van der Waals surface area contributed by atoms with Crippen LogP contribution in [0.1, 0.15) is 12.5 Å². The molecule has 4 nitrogen and oxygen atoms in total. The van der Waals surface area contributed by atoms with Gasteiger partial charge in [0, 0.05) is 26.6 Å². The fourth-order valence-electron chi connectivity index (χ4n) is 0.931. The third kappa shape index (κ3) is 10.5. The minimum Gasteiger partial charge on any atom is -0.481 e. The molecule has 0 bridgehead atoms. The third-order valence-electron chi connectivity index (χ3n) is 1.49. The van der Waals surface area contributed by atoms with E-state index in [1.807, 2.05) is 18.2 Å². The van der Waals surface area contributed by atoms with E-state index in [4.69, 9.17) is 15.6 Å². The molecule has 84 valence electrons. The second-order valence-corrected chi connectivity index (χ2v) is 2.97. The molecular weight excluding hydrogens is 192 g/mol. The van der Waals surface area contributed by atoms with Crippen LogP contribution in [-0.2, 0) is 11.3 Å². The van der Waals surface area contributed by atoms with Crippen molar-refractivity contribution < 1.29 is 9.90 Å². The largest absolute Gasteiger partial charge is 0.481 e. The summed E-state index contributed by atoms with van der Waals surface area (Å²) in [5.41, 5.74) is 6.64. The molecule has 4 heteroatoms. The highest BCUT2D eigenvalue weighted by Gasteiger charge is 1.87. The molecule has 0 aliphatic carbocycles. The number of nitrogens with two attached hydrogens (primary N) is 1. The number of rotatable bonds is 4. The van der Waals surface area contributed by atoms with E-state index in [0.717, 1.165) is 20.0 Å². The molecule has 0 atom stereocenters. The van der Waals surface area contributed by atoms with E-state index in [0.29, 0.717) is 6.54 Å². The van der Waals surface area contributed by atoms with Gasteiger partial charge >= 0.3 is 0 Å². The van der Waals surface area contributed by atoms with Crippen LogP contribution in [0.15, 0.2) is 30.3 Å². The van der Waals surface area contributed by atoms with Gasteiger partial charge in [-0.3, -0.25) is 4.79 Å². The van der Waals surface area contributed by atoms with Gasteiger partial charge in [-0.1, -0.05) is 30.3 Å². The lowest BCUT2D eigenvalue weighted by atomic mass is 10.2. The molecule has 0 fully saturated rings. The molecule has 0 unspecified atom stereocenters. The highest BCUT2D eigenvalue weighted by molar-refractivity contribution is 5.62. The van der Waals surface area contributed by atoms with E-state index in [1.165, 1.54) is 5.56 Å². The molecule has 1 aromatic rings.